The van der Waals surface area contributed by atoms with Gasteiger partial charge in [-0.3, -0.25) is 19.4 Å². The van der Waals surface area contributed by atoms with Gasteiger partial charge < -0.3 is 97.0 Å². The molecule has 4 aliphatic heterocycles. The lowest BCUT2D eigenvalue weighted by molar-refractivity contribution is -0.365. The molecule has 14 atom stereocenters. The highest BCUT2D eigenvalue weighted by Gasteiger charge is 2.58. The number of phosphoric acid groups is 1. The van der Waals surface area contributed by atoms with Gasteiger partial charge in [-0.25, -0.2) is 35.7 Å². The van der Waals surface area contributed by atoms with E-state index in [1.807, 2.05) is 0 Å². The van der Waals surface area contributed by atoms with Crippen LogP contribution in [-0.4, -0.2) is 182 Å². The van der Waals surface area contributed by atoms with Crippen molar-refractivity contribution in [2.24, 2.45) is 11.8 Å². The molecule has 3 fully saturated rings. The smallest absolute Gasteiger partial charge is 0.493 e. The molecular weight excluding hydrogens is 1270 g/mol. The van der Waals surface area contributed by atoms with Gasteiger partial charge >= 0.3 is 25.7 Å². The molecule has 37 heteroatoms. The first-order valence-corrected chi connectivity index (χ1v) is 27.9. The first kappa shape index (κ1) is 68.8. The average Bonchev–Trinajstić information content (AvgIpc) is 1.49. The average molecular weight is 1330 g/mol. The zero-order valence-electron chi connectivity index (χ0n) is 46.8. The van der Waals surface area contributed by atoms with Gasteiger partial charge in [-0.2, -0.15) is 17.6 Å². The van der Waals surface area contributed by atoms with E-state index in [4.69, 9.17) is 86.5 Å². The predicted molar refractivity (Wildman–Crippen MR) is 270 cm³/mol. The Morgan fingerprint density at radius 1 is 0.689 bits per heavy atom. The minimum Gasteiger partial charge on any atom is -0.493 e. The molecule has 8 N–H and O–H groups in total. The molecule has 5 aliphatic rings. The Morgan fingerprint density at radius 3 is 1.77 bits per heavy atom. The fourth-order valence-corrected chi connectivity index (χ4v) is 10.7. The van der Waals surface area contributed by atoms with Gasteiger partial charge in [-0.05, 0) is 54.9 Å². The second-order valence-corrected chi connectivity index (χ2v) is 21.2. The van der Waals surface area contributed by atoms with E-state index in [9.17, 15) is 77.7 Å². The summed E-state index contributed by atoms with van der Waals surface area (Å²) in [5, 5.41) is 47.5. The van der Waals surface area contributed by atoms with Crippen LogP contribution in [0.15, 0.2) is 24.3 Å². The van der Waals surface area contributed by atoms with Crippen LogP contribution in [0, 0.1) is 70.0 Å². The molecule has 3 saturated heterocycles. The third kappa shape index (κ3) is 14.3. The molecule has 26 nitrogen and oxygen atoms in total. The Labute approximate surface area is 500 Å². The summed E-state index contributed by atoms with van der Waals surface area (Å²) in [4.78, 5) is 60.8. The molecule has 0 amide bonds. The Hall–Kier alpha value is -7.06. The molecule has 0 radical (unpaired) electrons. The number of hydrogen-bond donors (Lipinski definition) is 8. The number of carbonyl (C=O) groups excluding carboxylic acids is 3. The van der Waals surface area contributed by atoms with Crippen LogP contribution in [-0.2, 0) is 52.1 Å². The van der Waals surface area contributed by atoms with Crippen LogP contribution in [0.1, 0.15) is 42.1 Å². The first-order chi connectivity index (χ1) is 42.5. The highest BCUT2D eigenvalue weighted by Crippen LogP contribution is 2.58. The van der Waals surface area contributed by atoms with E-state index in [1.165, 1.54) is 31.2 Å². The summed E-state index contributed by atoms with van der Waals surface area (Å²) in [6.45, 7) is -3.07. The van der Waals surface area contributed by atoms with Gasteiger partial charge in [0.25, 0.3) is 0 Å². The molecule has 0 bridgehead atoms. The van der Waals surface area contributed by atoms with Crippen molar-refractivity contribution < 1.29 is 164 Å². The van der Waals surface area contributed by atoms with Crippen molar-refractivity contribution in [1.29, 1.82) is 0 Å². The molecule has 0 aromatic heterocycles. The molecule has 9 rings (SSSR count). The van der Waals surface area contributed by atoms with E-state index < -0.39 is 226 Å². The number of hydrogen-bond acceptors (Lipinski definition) is 24. The maximum atomic E-state index is 14.6. The molecular formula is C53H54F10NO25P. The molecule has 1 aliphatic carbocycles. The number of esters is 3. The summed E-state index contributed by atoms with van der Waals surface area (Å²) >= 11 is 0. The van der Waals surface area contributed by atoms with E-state index in [0.29, 0.717) is 0 Å². The van der Waals surface area contributed by atoms with Crippen LogP contribution in [0.25, 0.3) is 0 Å². The SMILES string of the molecule is CNC[C@H](O)[C@H](O)[C@H](O)[C@@H](O)CO.COc1cc(C2c3cc4c(cc3[C@@H](OC3OC5COC(C)OC5C(OC(=O)COc5c(F)c(F)c(F)c(F)c5F)C3OC(=O)CCOc3c(F)c(F)c(F)c(F)c3F)C3COC(=O)[C@H]23)OCO4)cc(OC)c1OP(=O)(O)O. The molecule has 496 valence electrons. The van der Waals surface area contributed by atoms with Gasteiger partial charge in [0, 0.05) is 18.4 Å². The van der Waals surface area contributed by atoms with Crippen molar-refractivity contribution in [1.82, 2.24) is 5.32 Å². The number of fused-ring (bicyclic) bond motifs is 4. The van der Waals surface area contributed by atoms with Crippen LogP contribution >= 0.6 is 7.82 Å². The van der Waals surface area contributed by atoms with E-state index in [-0.39, 0.29) is 53.0 Å². The van der Waals surface area contributed by atoms with Crippen LogP contribution in [0.2, 0.25) is 0 Å². The standard InChI is InChI=1S/C46H37F10O20P.C7H17NO5/c1-14-66-11-23-40(71-14)43(74-25(58)12-67-42-36(55)32(51)29(48)33(52)37(42)56)44(73-24(57)4-5-65-41-34(53)30(49)28(47)31(50)35(41)54)46(72-23)75-38-17-9-20-19(69-13-70-20)8-16(17)26(27-18(38)10-68-45(27)59)15-6-21(63-2)39(22(7-15)64-3)76-77(60,61)62;1-8-2-4(10)6(12)7(13)5(11)3-9/h6-9,14,18,23,26-27,38,40,43-44,46H,4-5,10-13H2,1-3H3,(H2,60,61,62);4-13H,2-3H2,1H3/t14?,18?,23?,26?,27-,38+,40?,43?,44?,46?;4-,5-,6-,7+/m00/s1. The van der Waals surface area contributed by atoms with Gasteiger partial charge in [-0.1, -0.05) is 0 Å². The molecule has 90 heavy (non-hydrogen) atoms. The zero-order valence-corrected chi connectivity index (χ0v) is 47.6. The van der Waals surface area contributed by atoms with Crippen molar-refractivity contribution in [2.45, 2.75) is 86.8 Å². The topological polar surface area (TPSA) is 351 Å². The van der Waals surface area contributed by atoms with E-state index >= 15 is 0 Å². The van der Waals surface area contributed by atoms with Crippen LogP contribution < -0.4 is 38.3 Å². The lowest BCUT2D eigenvalue weighted by Gasteiger charge is -2.49. The van der Waals surface area contributed by atoms with Gasteiger partial charge in [0.15, 0.2) is 65.9 Å². The van der Waals surface area contributed by atoms with Crippen molar-refractivity contribution >= 4 is 25.7 Å². The predicted octanol–water partition coefficient (Wildman–Crippen LogP) is 2.79. The Kier molecular flexibility index (Phi) is 21.9. The van der Waals surface area contributed by atoms with E-state index in [2.05, 4.69) is 5.32 Å². The van der Waals surface area contributed by atoms with Crippen molar-refractivity contribution in [3.05, 3.63) is 99.1 Å². The Bertz CT molecular complexity index is 3290. The first-order valence-electron chi connectivity index (χ1n) is 26.4. The largest absolute Gasteiger partial charge is 0.525 e. The molecule has 4 heterocycles. The van der Waals surface area contributed by atoms with E-state index in [0.717, 1.165) is 14.2 Å². The number of ether oxygens (including phenoxy) is 13. The summed E-state index contributed by atoms with van der Waals surface area (Å²) < 4.78 is 232. The maximum absolute atomic E-state index is 14.6. The fraction of sp³-hybridized carbons (Fsp3) is 0.491. The van der Waals surface area contributed by atoms with Crippen LogP contribution in [0.5, 0.6) is 40.2 Å². The van der Waals surface area contributed by atoms with Gasteiger partial charge in [0.05, 0.1) is 65.2 Å². The number of likely N-dealkylation sites (N-methyl/N-ethyl adjacent to an activating group) is 1. The number of nitrogens with one attached hydrogen (secondary N) is 1. The highest BCUT2D eigenvalue weighted by atomic mass is 31.2. The molecule has 4 aromatic rings. The van der Waals surface area contributed by atoms with Crippen molar-refractivity contribution in [3.63, 3.8) is 0 Å². The number of carbonyl (C=O) groups is 3. The summed E-state index contributed by atoms with van der Waals surface area (Å²) in [6, 6.07) is 5.56. The number of methoxy groups -OCH3 is 2. The van der Waals surface area contributed by atoms with Crippen molar-refractivity contribution in [2.75, 3.05) is 67.6 Å². The van der Waals surface area contributed by atoms with Crippen LogP contribution in [0.3, 0.4) is 0 Å². The van der Waals surface area contributed by atoms with Gasteiger partial charge in [0.1, 0.15) is 30.5 Å². The van der Waals surface area contributed by atoms with E-state index in [1.54, 1.807) is 7.05 Å². The molecule has 0 spiro atoms. The summed E-state index contributed by atoms with van der Waals surface area (Å²) in [6.07, 6.45) is -18.5. The molecule has 0 saturated carbocycles. The number of benzene rings is 4. The third-order valence-electron chi connectivity index (χ3n) is 14.4. The summed E-state index contributed by atoms with van der Waals surface area (Å²) in [7, 11) is -1.35. The Balaban J connectivity index is 0.000000721. The minimum atomic E-state index is -5.23. The number of aliphatic hydroxyl groups is 5. The highest BCUT2D eigenvalue weighted by molar-refractivity contribution is 7.46. The lowest BCUT2D eigenvalue weighted by Crippen LogP contribution is -2.65. The third-order valence-corrected chi connectivity index (χ3v) is 14.8. The lowest BCUT2D eigenvalue weighted by atomic mass is 9.66. The quantitative estimate of drug-likeness (QED) is 0.0140. The normalized spacial score (nSPS) is 24.6. The minimum absolute atomic E-state index is 0.0936. The zero-order chi connectivity index (χ0) is 66.0. The number of halogens is 10. The maximum Gasteiger partial charge on any atom is 0.525 e. The van der Waals surface area contributed by atoms with Crippen molar-refractivity contribution in [3.8, 4) is 40.2 Å². The second-order valence-electron chi connectivity index (χ2n) is 20.0. The number of cyclic esters (lactones) is 1. The monoisotopic (exact) mass is 1330 g/mol. The number of aliphatic hydroxyl groups excluding tert-OH is 5. The summed E-state index contributed by atoms with van der Waals surface area (Å²) in [5.74, 6) is -36.2. The van der Waals surface area contributed by atoms with Crippen LogP contribution in [0.4, 0.5) is 43.9 Å². The fourth-order valence-electron chi connectivity index (χ4n) is 10.2. The second kappa shape index (κ2) is 28.6. The number of phosphoric ester groups is 1. The Morgan fingerprint density at radius 2 is 1.22 bits per heavy atom. The van der Waals surface area contributed by atoms with Gasteiger partial charge in [-0.15, -0.1) is 0 Å². The molecule has 4 aromatic carbocycles. The van der Waals surface area contributed by atoms with Gasteiger partial charge in [0.2, 0.25) is 70.7 Å². The summed E-state index contributed by atoms with van der Waals surface area (Å²) in [5.41, 5.74) is 0.645. The number of rotatable bonds is 22. The molecule has 8 unspecified atom stereocenters.